The van der Waals surface area contributed by atoms with Gasteiger partial charge in [0.1, 0.15) is 5.82 Å². The van der Waals surface area contributed by atoms with Crippen LogP contribution in [0.3, 0.4) is 0 Å². The molecule has 2 nitrogen and oxygen atoms in total. The van der Waals surface area contributed by atoms with Gasteiger partial charge in [0, 0.05) is 6.04 Å². The molecule has 16 heavy (non-hydrogen) atoms. The van der Waals surface area contributed by atoms with Crippen LogP contribution in [0.5, 0.6) is 0 Å². The minimum atomic E-state index is -4.60. The summed E-state index contributed by atoms with van der Waals surface area (Å²) in [6, 6.07) is 2.56. The van der Waals surface area contributed by atoms with Crippen LogP contribution in [0, 0.1) is 17.1 Å². The van der Waals surface area contributed by atoms with Crippen LogP contribution in [-0.4, -0.2) is 0 Å². The van der Waals surface area contributed by atoms with Gasteiger partial charge in [0.25, 0.3) is 0 Å². The largest absolute Gasteiger partial charge is 0.416 e. The molecule has 0 saturated heterocycles. The van der Waals surface area contributed by atoms with E-state index in [9.17, 15) is 17.6 Å². The minimum absolute atomic E-state index is 0.299. The van der Waals surface area contributed by atoms with Gasteiger partial charge in [0.2, 0.25) is 0 Å². The molecule has 0 aliphatic heterocycles. The maximum absolute atomic E-state index is 12.8. The Bertz CT molecular complexity index is 420. The van der Waals surface area contributed by atoms with Crippen LogP contribution in [0.2, 0.25) is 0 Å². The number of nitriles is 1. The lowest BCUT2D eigenvalue weighted by Crippen LogP contribution is -2.17. The van der Waals surface area contributed by atoms with E-state index in [1.165, 1.54) is 0 Å². The lowest BCUT2D eigenvalue weighted by molar-refractivity contribution is -0.138. The summed E-state index contributed by atoms with van der Waals surface area (Å²) in [7, 11) is 0. The summed E-state index contributed by atoms with van der Waals surface area (Å²) >= 11 is 0. The maximum atomic E-state index is 12.8. The fourth-order valence-corrected chi connectivity index (χ4v) is 1.31. The van der Waals surface area contributed by atoms with E-state index in [-0.39, 0.29) is 6.42 Å². The van der Waals surface area contributed by atoms with Crippen LogP contribution in [-0.2, 0) is 6.18 Å². The molecule has 1 aromatic rings. The number of hydrogen-bond acceptors (Lipinski definition) is 2. The molecule has 6 heteroatoms. The highest BCUT2D eigenvalue weighted by molar-refractivity contribution is 5.33. The van der Waals surface area contributed by atoms with Gasteiger partial charge in [0.15, 0.2) is 0 Å². The number of hydrogen-bond donors (Lipinski definition) is 1. The molecule has 0 spiro atoms. The summed E-state index contributed by atoms with van der Waals surface area (Å²) in [5.74, 6) is -0.809. The van der Waals surface area contributed by atoms with Gasteiger partial charge in [-0.25, -0.2) is 4.39 Å². The Kier molecular flexibility index (Phi) is 3.50. The van der Waals surface area contributed by atoms with E-state index in [1.54, 1.807) is 6.07 Å². The molecule has 86 valence electrons. The Labute approximate surface area is 89.3 Å². The maximum Gasteiger partial charge on any atom is 0.416 e. The van der Waals surface area contributed by atoms with E-state index < -0.39 is 29.2 Å². The summed E-state index contributed by atoms with van der Waals surface area (Å²) < 4.78 is 50.4. The molecule has 0 unspecified atom stereocenters. The first-order valence-electron chi connectivity index (χ1n) is 4.35. The second-order valence-electron chi connectivity index (χ2n) is 3.20. The highest BCUT2D eigenvalue weighted by Crippen LogP contribution is 2.35. The molecule has 2 N–H and O–H groups in total. The summed E-state index contributed by atoms with van der Waals surface area (Å²) in [5.41, 5.74) is 3.99. The fraction of sp³-hybridized carbons (Fsp3) is 0.300. The molecule has 1 rings (SSSR count). The molecule has 0 saturated carbocycles. The number of rotatable bonds is 2. The predicted octanol–water partition coefficient (Wildman–Crippen LogP) is 2.76. The van der Waals surface area contributed by atoms with Crippen LogP contribution in [0.15, 0.2) is 18.2 Å². The smallest absolute Gasteiger partial charge is 0.323 e. The normalized spacial score (nSPS) is 13.2. The zero-order chi connectivity index (χ0) is 12.3. The van der Waals surface area contributed by atoms with Gasteiger partial charge < -0.3 is 5.73 Å². The molecule has 1 atom stereocenters. The Morgan fingerprint density at radius 1 is 1.38 bits per heavy atom. The van der Waals surface area contributed by atoms with Crippen LogP contribution < -0.4 is 5.73 Å². The Balaban J connectivity index is 3.24. The lowest BCUT2D eigenvalue weighted by atomic mass is 9.98. The Hall–Kier alpha value is -1.61. The third-order valence-corrected chi connectivity index (χ3v) is 2.03. The van der Waals surface area contributed by atoms with E-state index in [0.717, 1.165) is 0 Å². The topological polar surface area (TPSA) is 49.8 Å². The quantitative estimate of drug-likeness (QED) is 0.797. The van der Waals surface area contributed by atoms with Crippen molar-refractivity contribution in [1.82, 2.24) is 0 Å². The molecule has 0 aliphatic rings. The van der Waals surface area contributed by atoms with Crippen LogP contribution in [0.25, 0.3) is 0 Å². The summed E-state index contributed by atoms with van der Waals surface area (Å²) in [6.07, 6.45) is -4.90. The van der Waals surface area contributed by atoms with E-state index in [1.807, 2.05) is 0 Å². The van der Waals surface area contributed by atoms with Crippen molar-refractivity contribution in [2.24, 2.45) is 5.73 Å². The van der Waals surface area contributed by atoms with Crippen LogP contribution in [0.1, 0.15) is 23.6 Å². The SMILES string of the molecule is N#CC[C@@H](N)c1cc(F)ccc1C(F)(F)F. The van der Waals surface area contributed by atoms with Crippen molar-refractivity contribution in [3.05, 3.63) is 35.1 Å². The van der Waals surface area contributed by atoms with Crippen molar-refractivity contribution in [1.29, 1.82) is 5.26 Å². The monoisotopic (exact) mass is 232 g/mol. The second-order valence-corrected chi connectivity index (χ2v) is 3.20. The summed E-state index contributed by atoms with van der Waals surface area (Å²) in [4.78, 5) is 0. The van der Waals surface area contributed by atoms with Gasteiger partial charge in [-0.3, -0.25) is 0 Å². The van der Waals surface area contributed by atoms with Crippen LogP contribution in [0.4, 0.5) is 17.6 Å². The molecule has 0 fully saturated rings. The molecule has 0 aromatic heterocycles. The van der Waals surface area contributed by atoms with Crippen molar-refractivity contribution < 1.29 is 17.6 Å². The summed E-state index contributed by atoms with van der Waals surface area (Å²) in [6.45, 7) is 0. The second kappa shape index (κ2) is 4.49. The molecule has 0 bridgehead atoms. The van der Waals surface area contributed by atoms with Crippen molar-refractivity contribution in [3.63, 3.8) is 0 Å². The molecular weight excluding hydrogens is 224 g/mol. The fourth-order valence-electron chi connectivity index (χ4n) is 1.31. The average Bonchev–Trinajstić information content (AvgIpc) is 2.16. The highest BCUT2D eigenvalue weighted by atomic mass is 19.4. The molecule has 1 aromatic carbocycles. The van der Waals surface area contributed by atoms with Gasteiger partial charge in [-0.15, -0.1) is 0 Å². The molecule has 0 heterocycles. The Morgan fingerprint density at radius 2 is 2.00 bits per heavy atom. The lowest BCUT2D eigenvalue weighted by Gasteiger charge is -2.16. The first kappa shape index (κ1) is 12.5. The highest BCUT2D eigenvalue weighted by Gasteiger charge is 2.34. The zero-order valence-electron chi connectivity index (χ0n) is 8.05. The summed E-state index contributed by atoms with van der Waals surface area (Å²) in [5, 5.41) is 8.36. The van der Waals surface area contributed by atoms with Crippen LogP contribution >= 0.6 is 0 Å². The molecule has 0 amide bonds. The van der Waals surface area contributed by atoms with Gasteiger partial charge in [0.05, 0.1) is 18.1 Å². The third-order valence-electron chi connectivity index (χ3n) is 2.03. The molecule has 0 aliphatic carbocycles. The van der Waals surface area contributed by atoms with Crippen molar-refractivity contribution >= 4 is 0 Å². The number of halogens is 4. The Morgan fingerprint density at radius 3 is 2.50 bits per heavy atom. The number of benzene rings is 1. The number of nitrogens with zero attached hydrogens (tertiary/aromatic N) is 1. The average molecular weight is 232 g/mol. The minimum Gasteiger partial charge on any atom is -0.323 e. The van der Waals surface area contributed by atoms with Crippen molar-refractivity contribution in [2.45, 2.75) is 18.6 Å². The van der Waals surface area contributed by atoms with Gasteiger partial charge in [-0.05, 0) is 23.8 Å². The standard InChI is InChI=1S/C10H8F4N2/c11-6-1-2-8(10(12,13)14)7(5-6)9(16)3-4-15/h1-2,5,9H,3,16H2/t9-/m1/s1. The first-order chi connectivity index (χ1) is 7.36. The number of nitrogens with two attached hydrogens (primary N) is 1. The zero-order valence-corrected chi connectivity index (χ0v) is 8.05. The first-order valence-corrected chi connectivity index (χ1v) is 4.35. The van der Waals surface area contributed by atoms with Gasteiger partial charge >= 0.3 is 6.18 Å². The number of alkyl halides is 3. The predicted molar refractivity (Wildman–Crippen MR) is 48.6 cm³/mol. The molecule has 0 radical (unpaired) electrons. The van der Waals surface area contributed by atoms with E-state index >= 15 is 0 Å². The van der Waals surface area contributed by atoms with Crippen molar-refractivity contribution in [2.75, 3.05) is 0 Å². The van der Waals surface area contributed by atoms with Crippen molar-refractivity contribution in [3.8, 4) is 6.07 Å². The van der Waals surface area contributed by atoms with E-state index in [0.29, 0.717) is 18.2 Å². The van der Waals surface area contributed by atoms with Gasteiger partial charge in [-0.2, -0.15) is 18.4 Å². The van der Waals surface area contributed by atoms with E-state index in [4.69, 9.17) is 11.0 Å². The molecular formula is C10H8F4N2. The third kappa shape index (κ3) is 2.70. The van der Waals surface area contributed by atoms with E-state index in [2.05, 4.69) is 0 Å². The van der Waals surface area contributed by atoms with Gasteiger partial charge in [-0.1, -0.05) is 0 Å².